The Balaban J connectivity index is 1.96. The van der Waals surface area contributed by atoms with Gasteiger partial charge in [-0.15, -0.1) is 0 Å². The molecule has 0 aliphatic rings. The van der Waals surface area contributed by atoms with E-state index in [0.717, 1.165) is 48.5 Å². The molecule has 1 amide bonds. The molecule has 3 rings (SSSR count). The van der Waals surface area contributed by atoms with Gasteiger partial charge in [-0.05, 0) is 60.7 Å². The largest absolute Gasteiger partial charge is 0.478 e. The van der Waals surface area contributed by atoms with E-state index in [0.29, 0.717) is 24.3 Å². The molecule has 0 bridgehead atoms. The van der Waals surface area contributed by atoms with E-state index in [-0.39, 0.29) is 5.69 Å². The van der Waals surface area contributed by atoms with Gasteiger partial charge in [-0.2, -0.15) is 26.3 Å². The van der Waals surface area contributed by atoms with Gasteiger partial charge in [-0.1, -0.05) is 12.1 Å². The van der Waals surface area contributed by atoms with Crippen molar-refractivity contribution in [2.24, 2.45) is 0 Å². The molecule has 0 radical (unpaired) electrons. The third-order valence-electron chi connectivity index (χ3n) is 5.21. The molecule has 3 aromatic rings. The number of anilines is 1. The second-order valence-electron chi connectivity index (χ2n) is 8.14. The number of esters is 2. The molecule has 2 atom stereocenters. The van der Waals surface area contributed by atoms with Gasteiger partial charge in [0.1, 0.15) is 5.82 Å². The molecule has 216 valence electrons. The Labute approximate surface area is 225 Å². The third kappa shape index (κ3) is 8.03. The molecule has 0 fully saturated rings. The summed E-state index contributed by atoms with van der Waals surface area (Å²) in [7, 11) is 0. The van der Waals surface area contributed by atoms with Gasteiger partial charge in [0.05, 0.1) is 22.3 Å². The van der Waals surface area contributed by atoms with Gasteiger partial charge < -0.3 is 19.9 Å². The molecule has 41 heavy (non-hydrogen) atoms. The zero-order valence-corrected chi connectivity index (χ0v) is 20.1. The predicted molar refractivity (Wildman–Crippen MR) is 124 cm³/mol. The smallest absolute Gasteiger partial charge is 0.416 e. The van der Waals surface area contributed by atoms with E-state index in [2.05, 4.69) is 5.32 Å². The summed E-state index contributed by atoms with van der Waals surface area (Å²) in [5.41, 5.74) is -4.30. The number of carboxylic acids is 1. The third-order valence-corrected chi connectivity index (χ3v) is 5.21. The maximum absolute atomic E-state index is 13.2. The highest BCUT2D eigenvalue weighted by Gasteiger charge is 2.42. The van der Waals surface area contributed by atoms with Crippen LogP contribution < -0.4 is 5.32 Å². The Morgan fingerprint density at radius 1 is 0.683 bits per heavy atom. The summed E-state index contributed by atoms with van der Waals surface area (Å²) in [5, 5.41) is 11.8. The zero-order chi connectivity index (χ0) is 30.5. The van der Waals surface area contributed by atoms with Crippen molar-refractivity contribution in [2.45, 2.75) is 24.6 Å². The van der Waals surface area contributed by atoms with Crippen molar-refractivity contribution >= 4 is 29.5 Å². The Morgan fingerprint density at radius 3 is 1.54 bits per heavy atom. The number of carboxylic acid groups (broad SMARTS) is 1. The maximum Gasteiger partial charge on any atom is 0.416 e. The normalized spacial score (nSPS) is 13.0. The van der Waals surface area contributed by atoms with Crippen molar-refractivity contribution in [2.75, 3.05) is 5.32 Å². The van der Waals surface area contributed by atoms with Crippen LogP contribution in [0.1, 0.15) is 31.8 Å². The fourth-order valence-electron chi connectivity index (χ4n) is 3.25. The number of ether oxygens (including phenoxy) is 2. The summed E-state index contributed by atoms with van der Waals surface area (Å²) in [6, 6.07) is 9.08. The fourth-order valence-corrected chi connectivity index (χ4v) is 3.25. The first-order valence-corrected chi connectivity index (χ1v) is 11.1. The lowest BCUT2D eigenvalue weighted by Gasteiger charge is -2.24. The molecule has 0 spiro atoms. The number of rotatable bonds is 8. The quantitative estimate of drug-likeness (QED) is 0.270. The van der Waals surface area contributed by atoms with E-state index in [4.69, 9.17) is 9.47 Å². The van der Waals surface area contributed by atoms with Gasteiger partial charge in [0.2, 0.25) is 12.2 Å². The monoisotopic (exact) mass is 587 g/mol. The number of halogens is 7. The number of hydrogen-bond acceptors (Lipinski definition) is 6. The second-order valence-corrected chi connectivity index (χ2v) is 8.14. The molecule has 0 saturated heterocycles. The number of aliphatic carboxylic acids is 1. The summed E-state index contributed by atoms with van der Waals surface area (Å²) >= 11 is 0. The first kappa shape index (κ1) is 30.6. The minimum Gasteiger partial charge on any atom is -0.478 e. The number of hydrogen-bond donors (Lipinski definition) is 2. The second kappa shape index (κ2) is 12.1. The highest BCUT2D eigenvalue weighted by molar-refractivity contribution is 6.01. The summed E-state index contributed by atoms with van der Waals surface area (Å²) in [4.78, 5) is 50.3. The van der Waals surface area contributed by atoms with Crippen LogP contribution in [-0.2, 0) is 31.4 Å². The lowest BCUT2D eigenvalue weighted by atomic mass is 10.1. The van der Waals surface area contributed by atoms with Crippen molar-refractivity contribution in [3.63, 3.8) is 0 Å². The molecule has 3 aromatic carbocycles. The summed E-state index contributed by atoms with van der Waals surface area (Å²) in [6.07, 6.45) is -15.1. The van der Waals surface area contributed by atoms with Gasteiger partial charge in [0, 0.05) is 5.69 Å². The van der Waals surface area contributed by atoms with Crippen LogP contribution in [0.5, 0.6) is 0 Å². The highest BCUT2D eigenvalue weighted by atomic mass is 19.4. The van der Waals surface area contributed by atoms with E-state index in [1.165, 1.54) is 0 Å². The molecule has 0 heterocycles. The van der Waals surface area contributed by atoms with Crippen LogP contribution in [0, 0.1) is 5.82 Å². The number of nitrogens with one attached hydrogen (secondary N) is 1. The van der Waals surface area contributed by atoms with Crippen LogP contribution in [0.3, 0.4) is 0 Å². The zero-order valence-electron chi connectivity index (χ0n) is 20.1. The standard InChI is InChI=1S/C26H16F7NO7/c27-17-7-9-18(10-8-17)34-21(35)19(40-23(38)13-3-1-5-15(11-13)25(28,29)30)20(22(36)37)41-24(39)14-4-2-6-16(12-14)26(31,32)33/h1-12,19-20H,(H,34,35)(H,36,37)/t19-,20+/m1/s1. The summed E-state index contributed by atoms with van der Waals surface area (Å²) in [5.74, 6) is -7.63. The first-order valence-electron chi connectivity index (χ1n) is 11.1. The Morgan fingerprint density at radius 2 is 1.12 bits per heavy atom. The Hall–Kier alpha value is -4.95. The molecule has 0 unspecified atom stereocenters. The number of carbonyl (C=O) groups excluding carboxylic acids is 3. The lowest BCUT2D eigenvalue weighted by molar-refractivity contribution is -0.157. The number of alkyl halides is 6. The van der Waals surface area contributed by atoms with Crippen molar-refractivity contribution in [1.82, 2.24) is 0 Å². The molecule has 0 aliphatic heterocycles. The van der Waals surface area contributed by atoms with Crippen molar-refractivity contribution in [3.8, 4) is 0 Å². The van der Waals surface area contributed by atoms with E-state index in [1.807, 2.05) is 0 Å². The van der Waals surface area contributed by atoms with Gasteiger partial charge >= 0.3 is 30.3 Å². The van der Waals surface area contributed by atoms with Crippen molar-refractivity contribution in [3.05, 3.63) is 101 Å². The van der Waals surface area contributed by atoms with Crippen LogP contribution in [0.2, 0.25) is 0 Å². The number of carbonyl (C=O) groups is 4. The lowest BCUT2D eigenvalue weighted by Crippen LogP contribution is -2.48. The minimum absolute atomic E-state index is 0.162. The molecule has 0 aromatic heterocycles. The van der Waals surface area contributed by atoms with Crippen molar-refractivity contribution < 1.29 is 64.5 Å². The van der Waals surface area contributed by atoms with E-state index < -0.39 is 76.4 Å². The van der Waals surface area contributed by atoms with Crippen LogP contribution in [0.15, 0.2) is 72.8 Å². The van der Waals surface area contributed by atoms with Crippen LogP contribution in [0.4, 0.5) is 36.4 Å². The average molecular weight is 587 g/mol. The molecular formula is C26H16F7NO7. The average Bonchev–Trinajstić information content (AvgIpc) is 2.90. The highest BCUT2D eigenvalue weighted by Crippen LogP contribution is 2.31. The van der Waals surface area contributed by atoms with Crippen LogP contribution in [-0.4, -0.2) is 41.1 Å². The first-order chi connectivity index (χ1) is 19.1. The number of benzene rings is 3. The number of amides is 1. The maximum atomic E-state index is 13.2. The Bertz CT molecular complexity index is 1450. The van der Waals surface area contributed by atoms with Gasteiger partial charge in [0.25, 0.3) is 5.91 Å². The van der Waals surface area contributed by atoms with Gasteiger partial charge in [-0.25, -0.2) is 18.8 Å². The molecule has 0 saturated carbocycles. The Kier molecular flexibility index (Phi) is 9.00. The SMILES string of the molecule is O=C(O[C@H](C(=O)O)[C@@H](OC(=O)c1cccc(C(F)(F)F)c1)C(=O)Nc1ccc(F)cc1)c1cccc(C(F)(F)F)c1. The van der Waals surface area contributed by atoms with Crippen LogP contribution in [0.25, 0.3) is 0 Å². The fraction of sp³-hybridized carbons (Fsp3) is 0.154. The predicted octanol–water partition coefficient (Wildman–Crippen LogP) is 5.34. The van der Waals surface area contributed by atoms with E-state index >= 15 is 0 Å². The minimum atomic E-state index is -4.89. The molecular weight excluding hydrogens is 571 g/mol. The topological polar surface area (TPSA) is 119 Å². The summed E-state index contributed by atoms with van der Waals surface area (Å²) < 4.78 is 101. The van der Waals surface area contributed by atoms with E-state index in [9.17, 15) is 55.0 Å². The molecule has 15 heteroatoms. The summed E-state index contributed by atoms with van der Waals surface area (Å²) in [6.45, 7) is 0. The molecule has 2 N–H and O–H groups in total. The molecule has 0 aliphatic carbocycles. The molecule has 8 nitrogen and oxygen atoms in total. The van der Waals surface area contributed by atoms with Crippen LogP contribution >= 0.6 is 0 Å². The van der Waals surface area contributed by atoms with Gasteiger partial charge in [0.15, 0.2) is 0 Å². The van der Waals surface area contributed by atoms with Gasteiger partial charge in [-0.3, -0.25) is 4.79 Å². The van der Waals surface area contributed by atoms with E-state index in [1.54, 1.807) is 0 Å². The van der Waals surface area contributed by atoms with Crippen molar-refractivity contribution in [1.29, 1.82) is 0 Å².